The van der Waals surface area contributed by atoms with Crippen LogP contribution in [-0.4, -0.2) is 19.6 Å². The number of benzene rings is 2. The van der Waals surface area contributed by atoms with Crippen molar-refractivity contribution in [1.29, 1.82) is 0 Å². The van der Waals surface area contributed by atoms with Gasteiger partial charge in [-0.05, 0) is 42.5 Å². The Morgan fingerprint density at radius 3 is 2.44 bits per heavy atom. The van der Waals surface area contributed by atoms with Crippen molar-refractivity contribution >= 4 is 28.9 Å². The molecule has 0 aromatic heterocycles. The molecule has 8 heteroatoms. The molecule has 0 aliphatic rings. The lowest BCUT2D eigenvalue weighted by Crippen LogP contribution is -2.17. The van der Waals surface area contributed by atoms with E-state index in [1.807, 2.05) is 0 Å². The van der Waals surface area contributed by atoms with Gasteiger partial charge in [0, 0.05) is 29.4 Å². The third-order valence-corrected chi connectivity index (χ3v) is 3.56. The van der Waals surface area contributed by atoms with Crippen molar-refractivity contribution < 1.29 is 22.7 Å². The van der Waals surface area contributed by atoms with Crippen LogP contribution in [0.3, 0.4) is 0 Å². The molecule has 0 heterocycles. The maximum Gasteiger partial charge on any atom is 0.418 e. The van der Waals surface area contributed by atoms with E-state index in [4.69, 9.17) is 16.3 Å². The first kappa shape index (κ1) is 18.9. The van der Waals surface area contributed by atoms with Gasteiger partial charge >= 0.3 is 6.18 Å². The van der Waals surface area contributed by atoms with Crippen LogP contribution in [0.2, 0.25) is 5.02 Å². The van der Waals surface area contributed by atoms with E-state index < -0.39 is 11.7 Å². The Bertz CT molecular complexity index is 734. The average molecular weight is 373 g/mol. The first-order valence-electron chi connectivity index (χ1n) is 7.34. The lowest BCUT2D eigenvalue weighted by molar-refractivity contribution is -0.137. The summed E-state index contributed by atoms with van der Waals surface area (Å²) < 4.78 is 43.9. The Morgan fingerprint density at radius 1 is 1.16 bits per heavy atom. The highest BCUT2D eigenvalue weighted by Gasteiger charge is 2.33. The fourth-order valence-electron chi connectivity index (χ4n) is 2.11. The van der Waals surface area contributed by atoms with E-state index in [1.165, 1.54) is 19.2 Å². The highest BCUT2D eigenvalue weighted by atomic mass is 35.5. The Balaban J connectivity index is 1.91. The molecule has 2 aromatic carbocycles. The fraction of sp³-hybridized carbons (Fsp3) is 0.235. The van der Waals surface area contributed by atoms with Crippen molar-refractivity contribution in [2.24, 2.45) is 0 Å². The topological polar surface area (TPSA) is 50.4 Å². The molecule has 0 aliphatic carbocycles. The van der Waals surface area contributed by atoms with E-state index in [0.29, 0.717) is 11.4 Å². The molecule has 134 valence electrons. The average Bonchev–Trinajstić information content (AvgIpc) is 2.56. The van der Waals surface area contributed by atoms with Crippen LogP contribution in [0.1, 0.15) is 12.0 Å². The monoisotopic (exact) mass is 372 g/mol. The molecular weight excluding hydrogens is 357 g/mol. The van der Waals surface area contributed by atoms with Gasteiger partial charge in [-0.2, -0.15) is 13.2 Å². The van der Waals surface area contributed by atoms with Gasteiger partial charge in [0.25, 0.3) is 0 Å². The summed E-state index contributed by atoms with van der Waals surface area (Å²) >= 11 is 5.62. The van der Waals surface area contributed by atoms with Crippen molar-refractivity contribution in [3.8, 4) is 5.75 Å². The van der Waals surface area contributed by atoms with E-state index in [9.17, 15) is 18.0 Å². The summed E-state index contributed by atoms with van der Waals surface area (Å²) in [5.41, 5.74) is -0.405. The van der Waals surface area contributed by atoms with Gasteiger partial charge in [0.1, 0.15) is 5.75 Å². The number of rotatable bonds is 6. The number of carbonyl (C=O) groups is 1. The normalized spacial score (nSPS) is 11.1. The van der Waals surface area contributed by atoms with Crippen LogP contribution in [0.25, 0.3) is 0 Å². The first-order valence-corrected chi connectivity index (χ1v) is 7.72. The third-order valence-electron chi connectivity index (χ3n) is 3.33. The van der Waals surface area contributed by atoms with Gasteiger partial charge in [0.15, 0.2) is 0 Å². The summed E-state index contributed by atoms with van der Waals surface area (Å²) in [7, 11) is 1.53. The Kier molecular flexibility index (Phi) is 6.14. The molecule has 0 unspecified atom stereocenters. The Morgan fingerprint density at radius 2 is 1.84 bits per heavy atom. The fourth-order valence-corrected chi connectivity index (χ4v) is 2.29. The molecule has 0 fully saturated rings. The van der Waals surface area contributed by atoms with Gasteiger partial charge in [-0.1, -0.05) is 11.6 Å². The molecule has 2 N–H and O–H groups in total. The van der Waals surface area contributed by atoms with E-state index >= 15 is 0 Å². The standard InChI is InChI=1S/C17H16ClF3N2O2/c1-25-13-5-3-12(4-6-13)23-16(24)8-9-22-15-7-2-11(18)10-14(15)17(19,20)21/h2-7,10,22H,8-9H2,1H3,(H,23,24). The molecule has 25 heavy (non-hydrogen) atoms. The highest BCUT2D eigenvalue weighted by Crippen LogP contribution is 2.36. The smallest absolute Gasteiger partial charge is 0.418 e. The molecule has 4 nitrogen and oxygen atoms in total. The van der Waals surface area contributed by atoms with Crippen LogP contribution in [0.4, 0.5) is 24.5 Å². The molecule has 0 aliphatic heterocycles. The third kappa shape index (κ3) is 5.56. The summed E-state index contributed by atoms with van der Waals surface area (Å²) in [6.07, 6.45) is -4.52. The number of ether oxygens (including phenoxy) is 1. The van der Waals surface area contributed by atoms with Gasteiger partial charge in [0.05, 0.1) is 12.7 Å². The van der Waals surface area contributed by atoms with Crippen LogP contribution >= 0.6 is 11.6 Å². The summed E-state index contributed by atoms with van der Waals surface area (Å²) in [5, 5.41) is 5.27. The zero-order valence-electron chi connectivity index (χ0n) is 13.3. The van der Waals surface area contributed by atoms with Crippen molar-refractivity contribution in [1.82, 2.24) is 0 Å². The largest absolute Gasteiger partial charge is 0.497 e. The van der Waals surface area contributed by atoms with Crippen molar-refractivity contribution in [2.75, 3.05) is 24.3 Å². The van der Waals surface area contributed by atoms with Crippen LogP contribution in [-0.2, 0) is 11.0 Å². The molecule has 2 rings (SSSR count). The number of amides is 1. The molecule has 0 saturated carbocycles. The lowest BCUT2D eigenvalue weighted by atomic mass is 10.1. The van der Waals surface area contributed by atoms with Gasteiger partial charge in [-0.25, -0.2) is 0 Å². The molecule has 0 bridgehead atoms. The second-order valence-corrected chi connectivity index (χ2v) is 5.58. The number of nitrogens with one attached hydrogen (secondary N) is 2. The summed E-state index contributed by atoms with van der Waals surface area (Å²) in [6, 6.07) is 10.2. The summed E-state index contributed by atoms with van der Waals surface area (Å²) in [6.45, 7) is 0.0483. The minimum Gasteiger partial charge on any atom is -0.497 e. The molecule has 2 aromatic rings. The van der Waals surface area contributed by atoms with E-state index in [1.54, 1.807) is 24.3 Å². The molecule has 1 amide bonds. The van der Waals surface area contributed by atoms with E-state index in [0.717, 1.165) is 6.07 Å². The quantitative estimate of drug-likeness (QED) is 0.765. The molecule has 0 atom stereocenters. The summed E-state index contributed by atoms with van der Waals surface area (Å²) in [4.78, 5) is 11.9. The van der Waals surface area contributed by atoms with Crippen molar-refractivity contribution in [2.45, 2.75) is 12.6 Å². The van der Waals surface area contributed by atoms with Crippen LogP contribution in [0.5, 0.6) is 5.75 Å². The van der Waals surface area contributed by atoms with Crippen molar-refractivity contribution in [3.05, 3.63) is 53.1 Å². The minimum absolute atomic E-state index is 0.00452. The van der Waals surface area contributed by atoms with Crippen LogP contribution < -0.4 is 15.4 Å². The molecule has 0 spiro atoms. The Labute approximate surface area is 147 Å². The lowest BCUT2D eigenvalue weighted by Gasteiger charge is -2.15. The maximum atomic E-state index is 13.0. The number of methoxy groups -OCH3 is 1. The predicted molar refractivity (Wildman–Crippen MR) is 91.2 cm³/mol. The summed E-state index contributed by atoms with van der Waals surface area (Å²) in [5.74, 6) is 0.335. The minimum atomic E-state index is -4.53. The number of hydrogen-bond donors (Lipinski definition) is 2. The first-order chi connectivity index (χ1) is 11.8. The zero-order chi connectivity index (χ0) is 18.4. The SMILES string of the molecule is COc1ccc(NC(=O)CCNc2ccc(Cl)cc2C(F)(F)F)cc1. The van der Waals surface area contributed by atoms with Gasteiger partial charge in [-0.3, -0.25) is 4.79 Å². The predicted octanol–water partition coefficient (Wildman–Crippen LogP) is 4.81. The van der Waals surface area contributed by atoms with Crippen LogP contribution in [0, 0.1) is 0 Å². The number of halogens is 4. The number of carbonyl (C=O) groups excluding carboxylic acids is 1. The highest BCUT2D eigenvalue weighted by molar-refractivity contribution is 6.30. The zero-order valence-corrected chi connectivity index (χ0v) is 14.0. The van der Waals surface area contributed by atoms with Gasteiger partial charge in [-0.15, -0.1) is 0 Å². The maximum absolute atomic E-state index is 13.0. The molecular formula is C17H16ClF3N2O2. The second kappa shape index (κ2) is 8.11. The van der Waals surface area contributed by atoms with Gasteiger partial charge < -0.3 is 15.4 Å². The molecule has 0 saturated heterocycles. The second-order valence-electron chi connectivity index (χ2n) is 5.14. The number of alkyl halides is 3. The van der Waals surface area contributed by atoms with Crippen LogP contribution in [0.15, 0.2) is 42.5 Å². The Hall–Kier alpha value is -2.41. The van der Waals surface area contributed by atoms with Crippen molar-refractivity contribution in [3.63, 3.8) is 0 Å². The van der Waals surface area contributed by atoms with Gasteiger partial charge in [0.2, 0.25) is 5.91 Å². The number of anilines is 2. The number of hydrogen-bond acceptors (Lipinski definition) is 3. The van der Waals surface area contributed by atoms with E-state index in [-0.39, 0.29) is 29.6 Å². The van der Waals surface area contributed by atoms with E-state index in [2.05, 4.69) is 10.6 Å². The molecule has 0 radical (unpaired) electrons.